The zero-order valence-electron chi connectivity index (χ0n) is 19.0. The number of hydrogen-bond donors (Lipinski definition) is 0. The summed E-state index contributed by atoms with van der Waals surface area (Å²) >= 11 is 6.11. The van der Waals surface area contributed by atoms with Gasteiger partial charge in [0.05, 0.1) is 0 Å². The maximum Gasteiger partial charge on any atom is 0.261 e. The van der Waals surface area contributed by atoms with E-state index in [1.807, 2.05) is 48.5 Å². The number of carbonyl (C=O) groups excluding carboxylic acids is 1. The zero-order valence-corrected chi connectivity index (χ0v) is 19.8. The van der Waals surface area contributed by atoms with Gasteiger partial charge in [-0.25, -0.2) is 0 Å². The van der Waals surface area contributed by atoms with Gasteiger partial charge in [0.2, 0.25) is 12.3 Å². The summed E-state index contributed by atoms with van der Waals surface area (Å²) in [6.07, 6.45) is 8.69. The minimum atomic E-state index is -0.0450. The van der Waals surface area contributed by atoms with Crippen LogP contribution in [0.4, 0.5) is 0 Å². The van der Waals surface area contributed by atoms with Crippen LogP contribution in [0.5, 0.6) is 5.75 Å². The third kappa shape index (κ3) is 4.20. The molecule has 7 heteroatoms. The summed E-state index contributed by atoms with van der Waals surface area (Å²) in [6.45, 7) is 0.622. The van der Waals surface area contributed by atoms with E-state index in [-0.39, 0.29) is 18.1 Å². The Morgan fingerprint density at radius 3 is 2.24 bits per heavy atom. The van der Waals surface area contributed by atoms with Gasteiger partial charge in [-0.05, 0) is 98.2 Å². The molecule has 6 nitrogen and oxygen atoms in total. The lowest BCUT2D eigenvalue weighted by Crippen LogP contribution is -2.61. The van der Waals surface area contributed by atoms with Gasteiger partial charge >= 0.3 is 0 Å². The number of nitrogens with zero attached hydrogens (tertiary/aromatic N) is 3. The first-order valence-corrected chi connectivity index (χ1v) is 12.5. The summed E-state index contributed by atoms with van der Waals surface area (Å²) < 4.78 is 11.2. The first kappa shape index (κ1) is 21.7. The van der Waals surface area contributed by atoms with Crippen LogP contribution in [0, 0.1) is 17.8 Å². The molecule has 1 heterocycles. The third-order valence-electron chi connectivity index (χ3n) is 7.96. The normalized spacial score (nSPS) is 27.0. The number of carbonyl (C=O) groups is 1. The van der Waals surface area contributed by atoms with Gasteiger partial charge in [-0.15, -0.1) is 10.2 Å². The summed E-state index contributed by atoms with van der Waals surface area (Å²) in [4.78, 5) is 15.8. The number of aromatic nitrogens is 2. The predicted molar refractivity (Wildman–Crippen MR) is 128 cm³/mol. The van der Waals surface area contributed by atoms with Crippen molar-refractivity contribution >= 4 is 17.5 Å². The number of rotatable bonds is 7. The van der Waals surface area contributed by atoms with E-state index in [2.05, 4.69) is 15.1 Å². The molecule has 176 valence electrons. The molecule has 0 aliphatic heterocycles. The Kier molecular flexibility index (Phi) is 5.56. The fraction of sp³-hybridized carbons (Fsp3) is 0.444. The Balaban J connectivity index is 1.21. The fourth-order valence-corrected chi connectivity index (χ4v) is 7.03. The van der Waals surface area contributed by atoms with Gasteiger partial charge < -0.3 is 14.1 Å². The summed E-state index contributed by atoms with van der Waals surface area (Å²) in [5, 5.41) is 8.35. The summed E-state index contributed by atoms with van der Waals surface area (Å²) in [7, 11) is 0. The first-order valence-electron chi connectivity index (χ1n) is 12.1. The lowest BCUT2D eigenvalue weighted by atomic mass is 9.52. The molecule has 0 atom stereocenters. The maximum atomic E-state index is 13.7. The van der Waals surface area contributed by atoms with Crippen LogP contribution in [-0.4, -0.2) is 33.2 Å². The highest BCUT2D eigenvalue weighted by Crippen LogP contribution is 2.58. The Morgan fingerprint density at radius 1 is 1.00 bits per heavy atom. The van der Waals surface area contributed by atoms with Crippen LogP contribution in [0.3, 0.4) is 0 Å². The second-order valence-corrected chi connectivity index (χ2v) is 10.7. The van der Waals surface area contributed by atoms with Crippen LogP contribution in [0.15, 0.2) is 59.3 Å². The molecule has 4 bridgehead atoms. The summed E-state index contributed by atoms with van der Waals surface area (Å²) in [5.41, 5.74) is 1.88. The van der Waals surface area contributed by atoms with E-state index in [1.165, 1.54) is 25.7 Å². The third-order valence-corrected chi connectivity index (χ3v) is 8.21. The van der Waals surface area contributed by atoms with Crippen LogP contribution in [0.25, 0.3) is 11.5 Å². The SMILES string of the molecule is O=C(COc1ccc(-c2nnco2)cc1)N(Cc1ccc(Cl)cc1)C12CC3CC(CC(C3)C1)C2. The van der Waals surface area contributed by atoms with Crippen molar-refractivity contribution in [1.82, 2.24) is 15.1 Å². The van der Waals surface area contributed by atoms with Gasteiger partial charge in [-0.1, -0.05) is 23.7 Å². The second kappa shape index (κ2) is 8.73. The minimum absolute atomic E-state index is 0.0231. The van der Waals surface area contributed by atoms with Crippen molar-refractivity contribution in [3.8, 4) is 17.2 Å². The highest BCUT2D eigenvalue weighted by Gasteiger charge is 2.54. The molecular formula is C27H28ClN3O3. The molecule has 0 saturated heterocycles. The van der Waals surface area contributed by atoms with Gasteiger partial charge in [-0.3, -0.25) is 4.79 Å². The predicted octanol–water partition coefficient (Wildman–Crippen LogP) is 5.77. The molecule has 4 fully saturated rings. The van der Waals surface area contributed by atoms with Crippen LogP contribution in [0.2, 0.25) is 5.02 Å². The van der Waals surface area contributed by atoms with Crippen molar-refractivity contribution in [3.63, 3.8) is 0 Å². The molecule has 4 saturated carbocycles. The minimum Gasteiger partial charge on any atom is -0.484 e. The van der Waals surface area contributed by atoms with Crippen molar-refractivity contribution in [3.05, 3.63) is 65.5 Å². The molecule has 7 rings (SSSR count). The highest BCUT2D eigenvalue weighted by atomic mass is 35.5. The van der Waals surface area contributed by atoms with E-state index in [9.17, 15) is 4.79 Å². The van der Waals surface area contributed by atoms with E-state index >= 15 is 0 Å². The lowest BCUT2D eigenvalue weighted by molar-refractivity contribution is -0.154. The quantitative estimate of drug-likeness (QED) is 0.432. The molecule has 0 N–H and O–H groups in total. The Morgan fingerprint density at radius 2 is 1.65 bits per heavy atom. The number of halogens is 1. The molecule has 1 aromatic heterocycles. The number of ether oxygens (including phenoxy) is 1. The molecule has 34 heavy (non-hydrogen) atoms. The molecule has 4 aliphatic carbocycles. The smallest absolute Gasteiger partial charge is 0.261 e. The standard InChI is InChI=1S/C27H28ClN3O3/c28-23-5-1-18(2-6-23)15-31(27-12-19-9-20(13-27)11-21(10-19)14-27)25(32)16-33-24-7-3-22(4-8-24)26-30-29-17-34-26/h1-8,17,19-21H,9-16H2. The Hall–Kier alpha value is -2.86. The molecule has 3 aromatic rings. The zero-order chi connectivity index (χ0) is 23.1. The van der Waals surface area contributed by atoms with Crippen LogP contribution in [-0.2, 0) is 11.3 Å². The fourth-order valence-electron chi connectivity index (χ4n) is 6.90. The van der Waals surface area contributed by atoms with E-state index in [1.54, 1.807) is 0 Å². The monoisotopic (exact) mass is 477 g/mol. The molecular weight excluding hydrogens is 450 g/mol. The Bertz CT molecular complexity index is 1110. The van der Waals surface area contributed by atoms with Crippen molar-refractivity contribution < 1.29 is 13.9 Å². The lowest BCUT2D eigenvalue weighted by Gasteiger charge is -2.60. The first-order chi connectivity index (χ1) is 16.6. The van der Waals surface area contributed by atoms with Crippen LogP contribution >= 0.6 is 11.6 Å². The number of amides is 1. The molecule has 4 aliphatic rings. The van der Waals surface area contributed by atoms with Gasteiger partial charge in [0, 0.05) is 22.7 Å². The molecule has 0 spiro atoms. The van der Waals surface area contributed by atoms with E-state index in [0.717, 1.165) is 48.1 Å². The van der Waals surface area contributed by atoms with E-state index in [0.29, 0.717) is 23.2 Å². The molecule has 1 amide bonds. The summed E-state index contributed by atoms with van der Waals surface area (Å²) in [5.74, 6) is 3.42. The van der Waals surface area contributed by atoms with Crippen molar-refractivity contribution in [2.24, 2.45) is 17.8 Å². The maximum absolute atomic E-state index is 13.7. The average molecular weight is 478 g/mol. The number of benzene rings is 2. The molecule has 2 aromatic carbocycles. The molecule has 0 unspecified atom stereocenters. The van der Waals surface area contributed by atoms with Gasteiger partial charge in [-0.2, -0.15) is 0 Å². The van der Waals surface area contributed by atoms with Crippen molar-refractivity contribution in [2.45, 2.75) is 50.6 Å². The van der Waals surface area contributed by atoms with Crippen LogP contribution in [0.1, 0.15) is 44.1 Å². The summed E-state index contributed by atoms with van der Waals surface area (Å²) in [6, 6.07) is 15.2. The van der Waals surface area contributed by atoms with E-state index in [4.69, 9.17) is 20.8 Å². The highest BCUT2D eigenvalue weighted by molar-refractivity contribution is 6.30. The van der Waals surface area contributed by atoms with Gasteiger partial charge in [0.15, 0.2) is 6.61 Å². The van der Waals surface area contributed by atoms with Crippen LogP contribution < -0.4 is 4.74 Å². The number of hydrogen-bond acceptors (Lipinski definition) is 5. The van der Waals surface area contributed by atoms with E-state index < -0.39 is 0 Å². The van der Waals surface area contributed by atoms with Gasteiger partial charge in [0.25, 0.3) is 5.91 Å². The molecule has 0 radical (unpaired) electrons. The second-order valence-electron chi connectivity index (χ2n) is 10.3. The van der Waals surface area contributed by atoms with Crippen molar-refractivity contribution in [2.75, 3.05) is 6.61 Å². The average Bonchev–Trinajstić information content (AvgIpc) is 3.37. The van der Waals surface area contributed by atoms with Crippen molar-refractivity contribution in [1.29, 1.82) is 0 Å². The van der Waals surface area contributed by atoms with Gasteiger partial charge in [0.1, 0.15) is 5.75 Å². The Labute approximate surface area is 204 Å². The topological polar surface area (TPSA) is 68.5 Å². The largest absolute Gasteiger partial charge is 0.484 e.